The molecule has 1 saturated carbocycles. The van der Waals surface area contributed by atoms with Gasteiger partial charge in [-0.05, 0) is 43.4 Å². The highest BCUT2D eigenvalue weighted by Crippen LogP contribution is 2.41. The van der Waals surface area contributed by atoms with Crippen LogP contribution < -0.4 is 4.90 Å². The monoisotopic (exact) mass is 273 g/mol. The van der Waals surface area contributed by atoms with Gasteiger partial charge in [-0.15, -0.1) is 0 Å². The van der Waals surface area contributed by atoms with E-state index >= 15 is 0 Å². The van der Waals surface area contributed by atoms with Crippen molar-refractivity contribution in [1.29, 1.82) is 0 Å². The molecule has 0 spiro atoms. The summed E-state index contributed by atoms with van der Waals surface area (Å²) in [7, 11) is 0. The van der Waals surface area contributed by atoms with Crippen LogP contribution in [0.3, 0.4) is 0 Å². The standard InChI is InChI=1S/C17H23NO2/c19-16(20)17(9-2-1-3-10-17)14-7-6-8-15(13-14)18-11-4-5-12-18/h6-8,13H,1-5,9-12H2,(H,19,20). The van der Waals surface area contributed by atoms with Crippen molar-refractivity contribution >= 4 is 11.7 Å². The summed E-state index contributed by atoms with van der Waals surface area (Å²) in [4.78, 5) is 14.3. The Hall–Kier alpha value is -1.51. The average molecular weight is 273 g/mol. The number of rotatable bonds is 3. The van der Waals surface area contributed by atoms with Crippen molar-refractivity contribution in [3.05, 3.63) is 29.8 Å². The van der Waals surface area contributed by atoms with Crippen LogP contribution in [0.1, 0.15) is 50.5 Å². The zero-order valence-electron chi connectivity index (χ0n) is 12.0. The van der Waals surface area contributed by atoms with Crippen molar-refractivity contribution in [3.8, 4) is 0 Å². The number of benzene rings is 1. The molecule has 3 heteroatoms. The van der Waals surface area contributed by atoms with Crippen LogP contribution >= 0.6 is 0 Å². The highest BCUT2D eigenvalue weighted by Gasteiger charge is 2.41. The molecule has 1 heterocycles. The number of aliphatic carboxylic acids is 1. The molecule has 0 aromatic heterocycles. The van der Waals surface area contributed by atoms with Gasteiger partial charge in [-0.2, -0.15) is 0 Å². The van der Waals surface area contributed by atoms with Crippen molar-refractivity contribution in [1.82, 2.24) is 0 Å². The number of carboxylic acid groups (broad SMARTS) is 1. The molecule has 1 aromatic carbocycles. The van der Waals surface area contributed by atoms with Gasteiger partial charge in [0, 0.05) is 18.8 Å². The van der Waals surface area contributed by atoms with Crippen molar-refractivity contribution in [2.45, 2.75) is 50.4 Å². The van der Waals surface area contributed by atoms with E-state index in [2.05, 4.69) is 17.0 Å². The molecule has 0 bridgehead atoms. The molecule has 1 saturated heterocycles. The Labute approximate surface area is 120 Å². The van der Waals surface area contributed by atoms with E-state index in [-0.39, 0.29) is 0 Å². The third kappa shape index (κ3) is 2.30. The largest absolute Gasteiger partial charge is 0.481 e. The Morgan fingerprint density at radius 2 is 1.75 bits per heavy atom. The second-order valence-corrected chi connectivity index (χ2v) is 6.19. The van der Waals surface area contributed by atoms with E-state index in [0.717, 1.165) is 44.3 Å². The molecule has 0 amide bonds. The minimum Gasteiger partial charge on any atom is -0.481 e. The van der Waals surface area contributed by atoms with Crippen LogP contribution in [0.2, 0.25) is 0 Å². The predicted molar refractivity (Wildman–Crippen MR) is 80.3 cm³/mol. The number of nitrogens with zero attached hydrogens (tertiary/aromatic N) is 1. The van der Waals surface area contributed by atoms with Crippen LogP contribution in [0.5, 0.6) is 0 Å². The number of hydrogen-bond donors (Lipinski definition) is 1. The van der Waals surface area contributed by atoms with E-state index < -0.39 is 11.4 Å². The highest BCUT2D eigenvalue weighted by atomic mass is 16.4. The molecule has 0 radical (unpaired) electrons. The van der Waals surface area contributed by atoms with E-state index in [0.29, 0.717) is 0 Å². The first kappa shape index (κ1) is 13.5. The van der Waals surface area contributed by atoms with Crippen molar-refractivity contribution in [2.24, 2.45) is 0 Å². The fourth-order valence-electron chi connectivity index (χ4n) is 3.76. The summed E-state index contributed by atoms with van der Waals surface area (Å²) in [6, 6.07) is 8.29. The number of hydrogen-bond acceptors (Lipinski definition) is 2. The van der Waals surface area contributed by atoms with E-state index in [1.165, 1.54) is 24.9 Å². The predicted octanol–water partition coefficient (Wildman–Crippen LogP) is 3.57. The molecule has 2 fully saturated rings. The van der Waals surface area contributed by atoms with Crippen LogP contribution in [-0.4, -0.2) is 24.2 Å². The highest BCUT2D eigenvalue weighted by molar-refractivity contribution is 5.82. The van der Waals surface area contributed by atoms with Crippen LogP contribution in [0.25, 0.3) is 0 Å². The third-order valence-electron chi connectivity index (χ3n) is 4.99. The third-order valence-corrected chi connectivity index (χ3v) is 4.99. The molecule has 108 valence electrons. The average Bonchev–Trinajstić information content (AvgIpc) is 3.02. The van der Waals surface area contributed by atoms with Gasteiger partial charge in [-0.25, -0.2) is 0 Å². The Morgan fingerprint density at radius 3 is 2.40 bits per heavy atom. The van der Waals surface area contributed by atoms with Gasteiger partial charge in [-0.1, -0.05) is 31.4 Å². The molecule has 1 aromatic rings. The first-order chi connectivity index (χ1) is 9.72. The molecular weight excluding hydrogens is 250 g/mol. The van der Waals surface area contributed by atoms with Gasteiger partial charge in [0.2, 0.25) is 0 Å². The topological polar surface area (TPSA) is 40.5 Å². The van der Waals surface area contributed by atoms with E-state index in [1.807, 2.05) is 12.1 Å². The second kappa shape index (κ2) is 5.47. The maximum absolute atomic E-state index is 11.9. The summed E-state index contributed by atoms with van der Waals surface area (Å²) in [6.07, 6.45) is 7.28. The summed E-state index contributed by atoms with van der Waals surface area (Å²) in [5.41, 5.74) is 1.56. The fourth-order valence-corrected chi connectivity index (χ4v) is 3.76. The van der Waals surface area contributed by atoms with Gasteiger partial charge < -0.3 is 10.0 Å². The summed E-state index contributed by atoms with van der Waals surface area (Å²) >= 11 is 0. The van der Waals surface area contributed by atoms with Crippen LogP contribution in [0.15, 0.2) is 24.3 Å². The van der Waals surface area contributed by atoms with Gasteiger partial charge in [0.05, 0.1) is 5.41 Å². The molecule has 0 unspecified atom stereocenters. The number of carbonyl (C=O) groups is 1. The van der Waals surface area contributed by atoms with E-state index in [9.17, 15) is 9.90 Å². The maximum Gasteiger partial charge on any atom is 0.314 e. The van der Waals surface area contributed by atoms with Gasteiger partial charge in [0.1, 0.15) is 0 Å². The Kier molecular flexibility index (Phi) is 3.68. The molecule has 3 rings (SSSR count). The van der Waals surface area contributed by atoms with Gasteiger partial charge >= 0.3 is 5.97 Å². The van der Waals surface area contributed by atoms with Crippen molar-refractivity contribution in [2.75, 3.05) is 18.0 Å². The smallest absolute Gasteiger partial charge is 0.314 e. The van der Waals surface area contributed by atoms with Crippen LogP contribution in [-0.2, 0) is 10.2 Å². The molecule has 1 aliphatic carbocycles. The maximum atomic E-state index is 11.9. The molecule has 1 N–H and O–H groups in total. The lowest BCUT2D eigenvalue weighted by Crippen LogP contribution is -2.38. The first-order valence-electron chi connectivity index (χ1n) is 7.81. The Bertz CT molecular complexity index is 486. The zero-order valence-corrected chi connectivity index (χ0v) is 12.0. The van der Waals surface area contributed by atoms with E-state index in [1.54, 1.807) is 0 Å². The Balaban J connectivity index is 1.94. The summed E-state index contributed by atoms with van der Waals surface area (Å²) < 4.78 is 0. The van der Waals surface area contributed by atoms with E-state index in [4.69, 9.17) is 0 Å². The summed E-state index contributed by atoms with van der Waals surface area (Å²) in [6.45, 7) is 2.20. The van der Waals surface area contributed by atoms with Crippen molar-refractivity contribution in [3.63, 3.8) is 0 Å². The minimum absolute atomic E-state index is 0.643. The molecule has 20 heavy (non-hydrogen) atoms. The lowest BCUT2D eigenvalue weighted by Gasteiger charge is -2.34. The first-order valence-corrected chi connectivity index (χ1v) is 7.81. The molecule has 3 nitrogen and oxygen atoms in total. The molecule has 1 aliphatic heterocycles. The zero-order chi connectivity index (χ0) is 14.0. The number of anilines is 1. The normalized spacial score (nSPS) is 21.9. The minimum atomic E-state index is -0.645. The summed E-state index contributed by atoms with van der Waals surface area (Å²) in [5.74, 6) is -0.643. The van der Waals surface area contributed by atoms with Gasteiger partial charge in [0.25, 0.3) is 0 Å². The Morgan fingerprint density at radius 1 is 1.05 bits per heavy atom. The molecular formula is C17H23NO2. The summed E-state index contributed by atoms with van der Waals surface area (Å²) in [5, 5.41) is 9.78. The lowest BCUT2D eigenvalue weighted by atomic mass is 9.69. The quantitative estimate of drug-likeness (QED) is 0.915. The fraction of sp³-hybridized carbons (Fsp3) is 0.588. The van der Waals surface area contributed by atoms with Crippen molar-refractivity contribution < 1.29 is 9.90 Å². The van der Waals surface area contributed by atoms with Gasteiger partial charge in [0.15, 0.2) is 0 Å². The second-order valence-electron chi connectivity index (χ2n) is 6.19. The molecule has 0 atom stereocenters. The lowest BCUT2D eigenvalue weighted by molar-refractivity contribution is -0.145. The van der Waals surface area contributed by atoms with Crippen LogP contribution in [0.4, 0.5) is 5.69 Å². The molecule has 2 aliphatic rings. The van der Waals surface area contributed by atoms with Crippen LogP contribution in [0, 0.1) is 0 Å². The van der Waals surface area contributed by atoms with Gasteiger partial charge in [-0.3, -0.25) is 4.79 Å². The SMILES string of the molecule is O=C(O)C1(c2cccc(N3CCCC3)c2)CCCCC1. The number of carboxylic acids is 1.